The Labute approximate surface area is 132 Å². The van der Waals surface area contributed by atoms with Gasteiger partial charge in [-0.2, -0.15) is 0 Å². The first-order chi connectivity index (χ1) is 10.6. The Bertz CT molecular complexity index is 475. The van der Waals surface area contributed by atoms with Crippen LogP contribution in [0.25, 0.3) is 0 Å². The van der Waals surface area contributed by atoms with E-state index in [1.807, 2.05) is 9.80 Å². The number of rotatable bonds is 2. The molecule has 0 aromatic heterocycles. The molecule has 2 heterocycles. The standard InChI is InChI=1S/C17H27N3O2/c18-15-6-5-11-8-19(10-14(11)15)17(22)12-7-16(21)20(9-12)13-3-1-2-4-13/h11-15H,1-10,18H2. The Kier molecular flexibility index (Phi) is 3.63. The lowest BCUT2D eigenvalue weighted by atomic mass is 9.98. The predicted octanol–water partition coefficient (Wildman–Crippen LogP) is 0.973. The highest BCUT2D eigenvalue weighted by molar-refractivity contribution is 5.89. The molecule has 4 atom stereocenters. The zero-order valence-electron chi connectivity index (χ0n) is 13.2. The second kappa shape index (κ2) is 5.52. The number of carbonyl (C=O) groups excluding carboxylic acids is 2. The van der Waals surface area contributed by atoms with E-state index in [4.69, 9.17) is 5.73 Å². The number of hydrogen-bond acceptors (Lipinski definition) is 3. The van der Waals surface area contributed by atoms with Gasteiger partial charge in [0.05, 0.1) is 5.92 Å². The summed E-state index contributed by atoms with van der Waals surface area (Å²) in [7, 11) is 0. The maximum absolute atomic E-state index is 12.8. The van der Waals surface area contributed by atoms with Gasteiger partial charge < -0.3 is 15.5 Å². The van der Waals surface area contributed by atoms with Crippen molar-refractivity contribution < 1.29 is 9.59 Å². The molecule has 0 aromatic rings. The van der Waals surface area contributed by atoms with Crippen LogP contribution in [0.5, 0.6) is 0 Å². The van der Waals surface area contributed by atoms with E-state index >= 15 is 0 Å². The molecule has 2 amide bonds. The van der Waals surface area contributed by atoms with Gasteiger partial charge in [-0.25, -0.2) is 0 Å². The summed E-state index contributed by atoms with van der Waals surface area (Å²) in [5.74, 6) is 1.38. The van der Waals surface area contributed by atoms with E-state index in [2.05, 4.69) is 0 Å². The van der Waals surface area contributed by atoms with E-state index in [9.17, 15) is 9.59 Å². The average Bonchev–Trinajstić information content (AvgIpc) is 3.24. The number of likely N-dealkylation sites (tertiary alicyclic amines) is 2. The van der Waals surface area contributed by atoms with Crippen LogP contribution in [0.4, 0.5) is 0 Å². The van der Waals surface area contributed by atoms with Gasteiger partial charge in [0.15, 0.2) is 0 Å². The van der Waals surface area contributed by atoms with Crippen LogP contribution in [0.15, 0.2) is 0 Å². The Morgan fingerprint density at radius 1 is 1.05 bits per heavy atom. The summed E-state index contributed by atoms with van der Waals surface area (Å²) in [6.45, 7) is 2.34. The van der Waals surface area contributed by atoms with Crippen molar-refractivity contribution in [3.05, 3.63) is 0 Å². The lowest BCUT2D eigenvalue weighted by Gasteiger charge is -2.25. The van der Waals surface area contributed by atoms with E-state index in [0.717, 1.165) is 38.8 Å². The summed E-state index contributed by atoms with van der Waals surface area (Å²) in [5, 5.41) is 0. The maximum Gasteiger partial charge on any atom is 0.228 e. The molecule has 2 N–H and O–H groups in total. The molecule has 122 valence electrons. The number of amides is 2. The number of fused-ring (bicyclic) bond motifs is 1. The molecule has 0 radical (unpaired) electrons. The van der Waals surface area contributed by atoms with Crippen LogP contribution in [0.1, 0.15) is 44.9 Å². The Balaban J connectivity index is 1.38. The third-order valence-corrected chi connectivity index (χ3v) is 6.50. The van der Waals surface area contributed by atoms with E-state index in [-0.39, 0.29) is 23.8 Å². The molecule has 0 aromatic carbocycles. The van der Waals surface area contributed by atoms with Crippen molar-refractivity contribution >= 4 is 11.8 Å². The highest BCUT2D eigenvalue weighted by Crippen LogP contribution is 2.38. The molecule has 4 unspecified atom stereocenters. The minimum Gasteiger partial charge on any atom is -0.342 e. The Morgan fingerprint density at radius 2 is 1.82 bits per heavy atom. The normalized spacial score (nSPS) is 39.0. The number of carbonyl (C=O) groups is 2. The smallest absolute Gasteiger partial charge is 0.228 e. The van der Waals surface area contributed by atoms with E-state index in [1.54, 1.807) is 0 Å². The fourth-order valence-electron chi connectivity index (χ4n) is 5.21. The monoisotopic (exact) mass is 305 g/mol. The lowest BCUT2D eigenvalue weighted by molar-refractivity contribution is -0.135. The highest BCUT2D eigenvalue weighted by Gasteiger charge is 2.46. The summed E-state index contributed by atoms with van der Waals surface area (Å²) in [6.07, 6.45) is 7.38. The van der Waals surface area contributed by atoms with Crippen molar-refractivity contribution in [1.29, 1.82) is 0 Å². The molecule has 22 heavy (non-hydrogen) atoms. The average molecular weight is 305 g/mol. The van der Waals surface area contributed by atoms with Gasteiger partial charge in [-0.15, -0.1) is 0 Å². The lowest BCUT2D eigenvalue weighted by Crippen LogP contribution is -2.39. The number of nitrogens with two attached hydrogens (primary N) is 1. The topological polar surface area (TPSA) is 66.6 Å². The summed E-state index contributed by atoms with van der Waals surface area (Å²) < 4.78 is 0. The fourth-order valence-corrected chi connectivity index (χ4v) is 5.21. The first-order valence-corrected chi connectivity index (χ1v) is 8.97. The van der Waals surface area contributed by atoms with Gasteiger partial charge in [0.2, 0.25) is 11.8 Å². The largest absolute Gasteiger partial charge is 0.342 e. The molecule has 2 aliphatic carbocycles. The van der Waals surface area contributed by atoms with Crippen molar-refractivity contribution in [2.45, 2.75) is 57.0 Å². The first kappa shape index (κ1) is 14.5. The molecule has 4 aliphatic rings. The molecule has 0 bridgehead atoms. The quantitative estimate of drug-likeness (QED) is 0.827. The third-order valence-electron chi connectivity index (χ3n) is 6.50. The molecular weight excluding hydrogens is 278 g/mol. The molecular formula is C17H27N3O2. The van der Waals surface area contributed by atoms with Crippen LogP contribution in [0.2, 0.25) is 0 Å². The molecule has 4 fully saturated rings. The molecule has 5 heteroatoms. The zero-order valence-corrected chi connectivity index (χ0v) is 13.2. The molecule has 5 nitrogen and oxygen atoms in total. The van der Waals surface area contributed by atoms with E-state index < -0.39 is 0 Å². The van der Waals surface area contributed by atoms with Gasteiger partial charge in [0.1, 0.15) is 0 Å². The van der Waals surface area contributed by atoms with Gasteiger partial charge in [0.25, 0.3) is 0 Å². The molecule has 0 spiro atoms. The van der Waals surface area contributed by atoms with Crippen molar-refractivity contribution in [1.82, 2.24) is 9.80 Å². The summed E-state index contributed by atoms with van der Waals surface area (Å²) in [4.78, 5) is 29.1. The summed E-state index contributed by atoms with van der Waals surface area (Å²) in [5.41, 5.74) is 6.16. The molecule has 2 saturated heterocycles. The van der Waals surface area contributed by atoms with Gasteiger partial charge in [-0.3, -0.25) is 9.59 Å². The molecule has 2 aliphatic heterocycles. The van der Waals surface area contributed by atoms with Crippen LogP contribution in [0, 0.1) is 17.8 Å². The summed E-state index contributed by atoms with van der Waals surface area (Å²) >= 11 is 0. The number of nitrogens with zero attached hydrogens (tertiary/aromatic N) is 2. The Morgan fingerprint density at radius 3 is 2.55 bits per heavy atom. The van der Waals surface area contributed by atoms with Crippen LogP contribution in [-0.4, -0.2) is 53.3 Å². The van der Waals surface area contributed by atoms with Crippen molar-refractivity contribution in [2.24, 2.45) is 23.5 Å². The minimum absolute atomic E-state index is 0.108. The predicted molar refractivity (Wildman–Crippen MR) is 82.8 cm³/mol. The van der Waals surface area contributed by atoms with Crippen molar-refractivity contribution in [3.63, 3.8) is 0 Å². The van der Waals surface area contributed by atoms with Crippen LogP contribution in [0.3, 0.4) is 0 Å². The number of hydrogen-bond donors (Lipinski definition) is 1. The van der Waals surface area contributed by atoms with Crippen molar-refractivity contribution in [2.75, 3.05) is 19.6 Å². The molecule has 2 saturated carbocycles. The van der Waals surface area contributed by atoms with Gasteiger partial charge >= 0.3 is 0 Å². The van der Waals surface area contributed by atoms with Gasteiger partial charge in [0, 0.05) is 38.1 Å². The second-order valence-corrected chi connectivity index (χ2v) is 7.79. The van der Waals surface area contributed by atoms with Crippen LogP contribution in [-0.2, 0) is 9.59 Å². The van der Waals surface area contributed by atoms with Gasteiger partial charge in [-0.1, -0.05) is 12.8 Å². The van der Waals surface area contributed by atoms with Crippen molar-refractivity contribution in [3.8, 4) is 0 Å². The Hall–Kier alpha value is -1.10. The van der Waals surface area contributed by atoms with Gasteiger partial charge in [-0.05, 0) is 37.5 Å². The third kappa shape index (κ3) is 2.34. The fraction of sp³-hybridized carbons (Fsp3) is 0.882. The second-order valence-electron chi connectivity index (χ2n) is 7.79. The SMILES string of the molecule is NC1CCC2CN(C(=O)C3CC(=O)N(C4CCCC4)C3)CC12. The first-order valence-electron chi connectivity index (χ1n) is 8.97. The van der Waals surface area contributed by atoms with Crippen LogP contribution < -0.4 is 5.73 Å². The highest BCUT2D eigenvalue weighted by atomic mass is 16.2. The van der Waals surface area contributed by atoms with E-state index in [0.29, 0.717) is 30.8 Å². The van der Waals surface area contributed by atoms with E-state index in [1.165, 1.54) is 12.8 Å². The maximum atomic E-state index is 12.8. The minimum atomic E-state index is -0.108. The zero-order chi connectivity index (χ0) is 15.3. The molecule has 4 rings (SSSR count). The van der Waals surface area contributed by atoms with Crippen LogP contribution >= 0.6 is 0 Å². The summed E-state index contributed by atoms with van der Waals surface area (Å²) in [6, 6.07) is 0.666.